The Labute approximate surface area is 100 Å². The lowest BCUT2D eigenvalue weighted by Gasteiger charge is -2.09. The second kappa shape index (κ2) is 4.78. The van der Waals surface area contributed by atoms with Crippen LogP contribution in [0.5, 0.6) is 5.75 Å². The fourth-order valence-electron chi connectivity index (χ4n) is 1.79. The standard InChI is InChI=1S/C14H13NO2/c1-10-8-15-6-5-13(10)14-4-3-12(17-2)7-11(14)9-16/h3-9H,1-2H3. The molecule has 1 heterocycles. The second-order valence-electron chi connectivity index (χ2n) is 3.76. The van der Waals surface area contributed by atoms with Crippen LogP contribution in [0.25, 0.3) is 11.1 Å². The minimum absolute atomic E-state index is 0.624. The minimum Gasteiger partial charge on any atom is -0.497 e. The zero-order valence-corrected chi connectivity index (χ0v) is 9.81. The van der Waals surface area contributed by atoms with E-state index in [9.17, 15) is 4.79 Å². The number of hydrogen-bond donors (Lipinski definition) is 0. The van der Waals surface area contributed by atoms with Gasteiger partial charge in [-0.3, -0.25) is 9.78 Å². The van der Waals surface area contributed by atoms with Crippen LogP contribution in [-0.2, 0) is 0 Å². The van der Waals surface area contributed by atoms with Crippen molar-refractivity contribution in [1.82, 2.24) is 4.98 Å². The van der Waals surface area contributed by atoms with E-state index < -0.39 is 0 Å². The highest BCUT2D eigenvalue weighted by Gasteiger charge is 2.08. The van der Waals surface area contributed by atoms with Crippen molar-refractivity contribution in [2.75, 3.05) is 7.11 Å². The van der Waals surface area contributed by atoms with Crippen molar-refractivity contribution in [3.8, 4) is 16.9 Å². The number of pyridine rings is 1. The molecule has 0 aliphatic rings. The second-order valence-corrected chi connectivity index (χ2v) is 3.76. The van der Waals surface area contributed by atoms with Gasteiger partial charge in [-0.25, -0.2) is 0 Å². The van der Waals surface area contributed by atoms with E-state index in [1.54, 1.807) is 25.6 Å². The van der Waals surface area contributed by atoms with Gasteiger partial charge in [-0.1, -0.05) is 0 Å². The molecule has 86 valence electrons. The van der Waals surface area contributed by atoms with Crippen molar-refractivity contribution in [3.05, 3.63) is 47.8 Å². The van der Waals surface area contributed by atoms with Gasteiger partial charge >= 0.3 is 0 Å². The quantitative estimate of drug-likeness (QED) is 0.757. The van der Waals surface area contributed by atoms with E-state index in [2.05, 4.69) is 4.98 Å². The van der Waals surface area contributed by atoms with E-state index in [1.807, 2.05) is 25.1 Å². The minimum atomic E-state index is 0.624. The van der Waals surface area contributed by atoms with Crippen molar-refractivity contribution in [1.29, 1.82) is 0 Å². The highest BCUT2D eigenvalue weighted by atomic mass is 16.5. The molecule has 0 radical (unpaired) electrons. The first kappa shape index (κ1) is 11.3. The van der Waals surface area contributed by atoms with Crippen molar-refractivity contribution in [2.45, 2.75) is 6.92 Å². The Kier molecular flexibility index (Phi) is 3.19. The Morgan fingerprint density at radius 2 is 2.06 bits per heavy atom. The van der Waals surface area contributed by atoms with E-state index in [4.69, 9.17) is 4.74 Å². The van der Waals surface area contributed by atoms with E-state index in [0.717, 1.165) is 23.0 Å². The third-order valence-corrected chi connectivity index (χ3v) is 2.70. The lowest BCUT2D eigenvalue weighted by molar-refractivity contribution is 0.112. The Balaban J connectivity index is 2.60. The summed E-state index contributed by atoms with van der Waals surface area (Å²) in [6.07, 6.45) is 4.35. The maximum absolute atomic E-state index is 11.1. The van der Waals surface area contributed by atoms with Crippen LogP contribution < -0.4 is 4.74 Å². The number of nitrogens with zero attached hydrogens (tertiary/aromatic N) is 1. The fourth-order valence-corrected chi connectivity index (χ4v) is 1.79. The zero-order chi connectivity index (χ0) is 12.3. The molecule has 0 fully saturated rings. The van der Waals surface area contributed by atoms with Gasteiger partial charge in [0, 0.05) is 18.0 Å². The summed E-state index contributed by atoms with van der Waals surface area (Å²) in [5, 5.41) is 0. The number of hydrogen-bond acceptors (Lipinski definition) is 3. The predicted octanol–water partition coefficient (Wildman–Crippen LogP) is 2.88. The van der Waals surface area contributed by atoms with Crippen molar-refractivity contribution in [2.24, 2.45) is 0 Å². The van der Waals surface area contributed by atoms with Crippen LogP contribution in [0.1, 0.15) is 15.9 Å². The lowest BCUT2D eigenvalue weighted by atomic mass is 9.98. The monoisotopic (exact) mass is 227 g/mol. The van der Waals surface area contributed by atoms with Gasteiger partial charge in [0.1, 0.15) is 5.75 Å². The molecule has 1 aromatic carbocycles. The first-order valence-corrected chi connectivity index (χ1v) is 5.30. The molecular formula is C14H13NO2. The third kappa shape index (κ3) is 2.18. The molecule has 3 nitrogen and oxygen atoms in total. The molecule has 1 aromatic heterocycles. The van der Waals surface area contributed by atoms with E-state index in [-0.39, 0.29) is 0 Å². The number of methoxy groups -OCH3 is 1. The van der Waals surface area contributed by atoms with Gasteiger partial charge in [-0.05, 0) is 47.9 Å². The average Bonchev–Trinajstić information content (AvgIpc) is 2.38. The summed E-state index contributed by atoms with van der Waals surface area (Å²) < 4.78 is 5.11. The predicted molar refractivity (Wildman–Crippen MR) is 66.3 cm³/mol. The molecule has 0 N–H and O–H groups in total. The summed E-state index contributed by atoms with van der Waals surface area (Å²) in [4.78, 5) is 15.2. The van der Waals surface area contributed by atoms with Crippen molar-refractivity contribution in [3.63, 3.8) is 0 Å². The van der Waals surface area contributed by atoms with Gasteiger partial charge in [0.25, 0.3) is 0 Å². The Hall–Kier alpha value is -2.16. The Morgan fingerprint density at radius 1 is 1.24 bits per heavy atom. The van der Waals surface area contributed by atoms with Crippen LogP contribution in [0.15, 0.2) is 36.7 Å². The largest absolute Gasteiger partial charge is 0.497 e. The summed E-state index contributed by atoms with van der Waals surface area (Å²) in [5.74, 6) is 0.683. The van der Waals surface area contributed by atoms with Gasteiger partial charge in [0.05, 0.1) is 7.11 Å². The fraction of sp³-hybridized carbons (Fsp3) is 0.143. The average molecular weight is 227 g/mol. The number of carbonyl (C=O) groups excluding carboxylic acids is 1. The molecule has 0 saturated heterocycles. The molecule has 17 heavy (non-hydrogen) atoms. The molecule has 3 heteroatoms. The van der Waals surface area contributed by atoms with Crippen LogP contribution in [-0.4, -0.2) is 18.4 Å². The summed E-state index contributed by atoms with van der Waals surface area (Å²) in [5.41, 5.74) is 3.59. The molecule has 0 amide bonds. The van der Waals surface area contributed by atoms with Gasteiger partial charge in [0.2, 0.25) is 0 Å². The molecule has 0 bridgehead atoms. The van der Waals surface area contributed by atoms with Crippen molar-refractivity contribution < 1.29 is 9.53 Å². The van der Waals surface area contributed by atoms with Gasteiger partial charge < -0.3 is 4.74 Å². The molecule has 2 aromatic rings. The van der Waals surface area contributed by atoms with E-state index in [0.29, 0.717) is 11.3 Å². The highest BCUT2D eigenvalue weighted by molar-refractivity contribution is 5.89. The molecular weight excluding hydrogens is 214 g/mol. The van der Waals surface area contributed by atoms with Crippen LogP contribution in [0.4, 0.5) is 0 Å². The van der Waals surface area contributed by atoms with Crippen LogP contribution in [0.3, 0.4) is 0 Å². The summed E-state index contributed by atoms with van der Waals surface area (Å²) in [6.45, 7) is 1.97. The molecule has 0 aliphatic carbocycles. The van der Waals surface area contributed by atoms with Crippen LogP contribution in [0, 0.1) is 6.92 Å². The topological polar surface area (TPSA) is 39.2 Å². The van der Waals surface area contributed by atoms with Gasteiger partial charge in [0.15, 0.2) is 6.29 Å². The van der Waals surface area contributed by atoms with E-state index in [1.165, 1.54) is 0 Å². The molecule has 0 spiro atoms. The maximum atomic E-state index is 11.1. The van der Waals surface area contributed by atoms with Crippen LogP contribution in [0.2, 0.25) is 0 Å². The number of aromatic nitrogens is 1. The van der Waals surface area contributed by atoms with Crippen LogP contribution >= 0.6 is 0 Å². The first-order valence-electron chi connectivity index (χ1n) is 5.30. The highest BCUT2D eigenvalue weighted by Crippen LogP contribution is 2.28. The molecule has 2 rings (SSSR count). The van der Waals surface area contributed by atoms with Gasteiger partial charge in [-0.2, -0.15) is 0 Å². The summed E-state index contributed by atoms with van der Waals surface area (Å²) in [6, 6.07) is 7.39. The maximum Gasteiger partial charge on any atom is 0.150 e. The number of aryl methyl sites for hydroxylation is 1. The normalized spacial score (nSPS) is 10.0. The summed E-state index contributed by atoms with van der Waals surface area (Å²) in [7, 11) is 1.58. The molecule has 0 atom stereocenters. The Morgan fingerprint density at radius 3 is 2.71 bits per heavy atom. The smallest absolute Gasteiger partial charge is 0.150 e. The lowest BCUT2D eigenvalue weighted by Crippen LogP contribution is -1.92. The number of ether oxygens (including phenoxy) is 1. The zero-order valence-electron chi connectivity index (χ0n) is 9.81. The SMILES string of the molecule is COc1ccc(-c2ccncc2C)c(C=O)c1. The number of aldehydes is 1. The summed E-state index contributed by atoms with van der Waals surface area (Å²) >= 11 is 0. The van der Waals surface area contributed by atoms with Crippen molar-refractivity contribution >= 4 is 6.29 Å². The number of rotatable bonds is 3. The molecule has 0 aliphatic heterocycles. The third-order valence-electron chi connectivity index (χ3n) is 2.70. The number of benzene rings is 1. The molecule has 0 unspecified atom stereocenters. The first-order chi connectivity index (χ1) is 8.26. The number of carbonyl (C=O) groups is 1. The van der Waals surface area contributed by atoms with E-state index >= 15 is 0 Å². The van der Waals surface area contributed by atoms with Gasteiger partial charge in [-0.15, -0.1) is 0 Å². The molecule has 0 saturated carbocycles. The Bertz CT molecular complexity index is 550.